The number of carbonyl (C=O) groups excluding carboxylic acids is 2. The second-order valence-corrected chi connectivity index (χ2v) is 6.15. The number of halogens is 2. The fourth-order valence-electron chi connectivity index (χ4n) is 2.15. The molecule has 1 amide bonds. The van der Waals surface area contributed by atoms with Crippen LogP contribution in [0.1, 0.15) is 24.1 Å². The van der Waals surface area contributed by atoms with Crippen LogP contribution in [0.5, 0.6) is 0 Å². The van der Waals surface area contributed by atoms with Gasteiger partial charge in [0, 0.05) is 16.1 Å². The summed E-state index contributed by atoms with van der Waals surface area (Å²) >= 11 is 11.9. The third-order valence-corrected chi connectivity index (χ3v) is 3.93. The van der Waals surface area contributed by atoms with Gasteiger partial charge in [0.2, 0.25) is 0 Å². The van der Waals surface area contributed by atoms with Crippen molar-refractivity contribution >= 4 is 41.2 Å². The summed E-state index contributed by atoms with van der Waals surface area (Å²) in [7, 11) is 0. The van der Waals surface area contributed by atoms with E-state index in [0.29, 0.717) is 10.0 Å². The molecule has 0 saturated heterocycles. The van der Waals surface area contributed by atoms with E-state index in [1.807, 2.05) is 18.2 Å². The van der Waals surface area contributed by atoms with E-state index in [0.717, 1.165) is 11.1 Å². The highest BCUT2D eigenvalue weighted by atomic mass is 35.5. The maximum absolute atomic E-state index is 11.9. The predicted octanol–water partition coefficient (Wildman–Crippen LogP) is 4.43. The van der Waals surface area contributed by atoms with Crippen LogP contribution < -0.4 is 5.32 Å². The van der Waals surface area contributed by atoms with Crippen molar-refractivity contribution in [3.8, 4) is 0 Å². The van der Waals surface area contributed by atoms with Crippen molar-refractivity contribution in [2.24, 2.45) is 0 Å². The van der Waals surface area contributed by atoms with Crippen molar-refractivity contribution < 1.29 is 14.3 Å². The van der Waals surface area contributed by atoms with Crippen LogP contribution in [-0.4, -0.2) is 18.5 Å². The van der Waals surface area contributed by atoms with Gasteiger partial charge < -0.3 is 10.1 Å². The van der Waals surface area contributed by atoms with E-state index < -0.39 is 11.9 Å². The average molecular weight is 378 g/mol. The Morgan fingerprint density at radius 2 is 1.92 bits per heavy atom. The molecule has 0 bridgehead atoms. The van der Waals surface area contributed by atoms with Gasteiger partial charge in [0.25, 0.3) is 5.91 Å². The lowest BCUT2D eigenvalue weighted by atomic mass is 10.1. The first-order chi connectivity index (χ1) is 12.0. The molecule has 0 aliphatic rings. The monoisotopic (exact) mass is 377 g/mol. The minimum atomic E-state index is -0.611. The van der Waals surface area contributed by atoms with Crippen molar-refractivity contribution in [2.75, 3.05) is 6.61 Å². The topological polar surface area (TPSA) is 55.4 Å². The van der Waals surface area contributed by atoms with E-state index >= 15 is 0 Å². The van der Waals surface area contributed by atoms with Crippen molar-refractivity contribution in [1.29, 1.82) is 0 Å². The van der Waals surface area contributed by atoms with E-state index in [4.69, 9.17) is 27.9 Å². The Bertz CT molecular complexity index is 790. The largest absolute Gasteiger partial charge is 0.452 e. The van der Waals surface area contributed by atoms with Gasteiger partial charge in [-0.05, 0) is 42.3 Å². The summed E-state index contributed by atoms with van der Waals surface area (Å²) in [5, 5.41) is 3.87. The summed E-state index contributed by atoms with van der Waals surface area (Å²) in [6.45, 7) is 1.44. The molecule has 0 saturated carbocycles. The molecule has 0 aliphatic heterocycles. The second-order valence-electron chi connectivity index (χ2n) is 5.31. The summed E-state index contributed by atoms with van der Waals surface area (Å²) in [5.74, 6) is -1.02. The van der Waals surface area contributed by atoms with Crippen LogP contribution >= 0.6 is 23.2 Å². The molecule has 0 radical (unpaired) electrons. The van der Waals surface area contributed by atoms with Gasteiger partial charge in [0.05, 0.1) is 6.04 Å². The number of amides is 1. The summed E-state index contributed by atoms with van der Waals surface area (Å²) in [6, 6.07) is 14.0. The third-order valence-electron chi connectivity index (χ3n) is 3.36. The summed E-state index contributed by atoms with van der Waals surface area (Å²) in [6.07, 6.45) is 2.81. The van der Waals surface area contributed by atoms with Gasteiger partial charge in [-0.1, -0.05) is 53.5 Å². The predicted molar refractivity (Wildman–Crippen MR) is 99.5 cm³/mol. The number of nitrogens with one attached hydrogen (secondary N) is 1. The van der Waals surface area contributed by atoms with Gasteiger partial charge in [0.15, 0.2) is 6.61 Å². The van der Waals surface area contributed by atoms with Gasteiger partial charge >= 0.3 is 5.97 Å². The van der Waals surface area contributed by atoms with Crippen molar-refractivity contribution in [3.63, 3.8) is 0 Å². The molecule has 0 fully saturated rings. The first-order valence-electron chi connectivity index (χ1n) is 7.60. The molecule has 2 aromatic carbocycles. The number of ether oxygens (including phenoxy) is 1. The lowest BCUT2D eigenvalue weighted by Gasteiger charge is -2.15. The summed E-state index contributed by atoms with van der Waals surface area (Å²) in [5.41, 5.74) is 1.56. The number of esters is 1. The van der Waals surface area contributed by atoms with Crippen LogP contribution in [0.4, 0.5) is 0 Å². The van der Waals surface area contributed by atoms with Gasteiger partial charge in [-0.2, -0.15) is 0 Å². The number of benzene rings is 2. The zero-order chi connectivity index (χ0) is 18.2. The van der Waals surface area contributed by atoms with E-state index in [2.05, 4.69) is 5.32 Å². The maximum atomic E-state index is 11.9. The molecule has 2 aromatic rings. The quantitative estimate of drug-likeness (QED) is 0.598. The number of carbonyl (C=O) groups is 2. The van der Waals surface area contributed by atoms with Crippen molar-refractivity contribution in [3.05, 3.63) is 75.8 Å². The van der Waals surface area contributed by atoms with Crippen LogP contribution in [0.2, 0.25) is 10.0 Å². The highest BCUT2D eigenvalue weighted by molar-refractivity contribution is 6.31. The molecule has 6 heteroatoms. The smallest absolute Gasteiger partial charge is 0.331 e. The van der Waals surface area contributed by atoms with Crippen molar-refractivity contribution in [1.82, 2.24) is 5.32 Å². The minimum Gasteiger partial charge on any atom is -0.452 e. The van der Waals surface area contributed by atoms with Crippen molar-refractivity contribution in [2.45, 2.75) is 13.0 Å². The Hall–Kier alpha value is -2.30. The van der Waals surface area contributed by atoms with E-state index in [1.54, 1.807) is 43.3 Å². The Labute approximate surface area is 156 Å². The highest BCUT2D eigenvalue weighted by Crippen LogP contribution is 2.21. The van der Waals surface area contributed by atoms with E-state index in [-0.39, 0.29) is 12.6 Å². The van der Waals surface area contributed by atoms with E-state index in [9.17, 15) is 9.59 Å². The first kappa shape index (κ1) is 19.0. The zero-order valence-electron chi connectivity index (χ0n) is 13.5. The zero-order valence-corrected chi connectivity index (χ0v) is 15.1. The van der Waals surface area contributed by atoms with Crippen LogP contribution in [0.3, 0.4) is 0 Å². The Balaban J connectivity index is 1.81. The molecule has 1 atom stereocenters. The van der Waals surface area contributed by atoms with Gasteiger partial charge in [0.1, 0.15) is 0 Å². The van der Waals surface area contributed by atoms with Gasteiger partial charge in [-0.25, -0.2) is 4.79 Å². The average Bonchev–Trinajstić information content (AvgIpc) is 2.58. The Morgan fingerprint density at radius 1 is 1.16 bits per heavy atom. The lowest BCUT2D eigenvalue weighted by Crippen LogP contribution is -2.31. The normalized spacial score (nSPS) is 12.0. The molecule has 4 nitrogen and oxygen atoms in total. The molecule has 0 heterocycles. The summed E-state index contributed by atoms with van der Waals surface area (Å²) in [4.78, 5) is 23.6. The molecule has 0 aromatic heterocycles. The highest BCUT2D eigenvalue weighted by Gasteiger charge is 2.13. The molecule has 25 heavy (non-hydrogen) atoms. The minimum absolute atomic E-state index is 0.290. The molecule has 130 valence electrons. The number of hydrogen-bond acceptors (Lipinski definition) is 3. The summed E-state index contributed by atoms with van der Waals surface area (Å²) < 4.78 is 4.92. The van der Waals surface area contributed by atoms with Crippen LogP contribution in [0.25, 0.3) is 6.08 Å². The molecule has 0 aliphatic carbocycles. The molecular weight excluding hydrogens is 361 g/mol. The Morgan fingerprint density at radius 3 is 2.64 bits per heavy atom. The lowest BCUT2D eigenvalue weighted by molar-refractivity contribution is -0.144. The molecule has 1 N–H and O–H groups in total. The van der Waals surface area contributed by atoms with E-state index in [1.165, 1.54) is 6.08 Å². The SMILES string of the molecule is C[C@@H](NC(=O)COC(=O)/C=C/c1cccc(Cl)c1)c1ccccc1Cl. The molecule has 2 rings (SSSR count). The van der Waals surface area contributed by atoms with Crippen LogP contribution in [-0.2, 0) is 14.3 Å². The fraction of sp³-hybridized carbons (Fsp3) is 0.158. The molecular formula is C19H17Cl2NO3. The maximum Gasteiger partial charge on any atom is 0.331 e. The number of hydrogen-bond donors (Lipinski definition) is 1. The number of rotatable bonds is 6. The van der Waals surface area contributed by atoms with Crippen LogP contribution in [0, 0.1) is 0 Å². The van der Waals surface area contributed by atoms with Gasteiger partial charge in [-0.15, -0.1) is 0 Å². The molecule has 0 spiro atoms. The molecule has 0 unspecified atom stereocenters. The second kappa shape index (κ2) is 9.25. The first-order valence-corrected chi connectivity index (χ1v) is 8.35. The third kappa shape index (κ3) is 6.25. The fourth-order valence-corrected chi connectivity index (χ4v) is 2.64. The standard InChI is InChI=1S/C19H17Cl2NO3/c1-13(16-7-2-3-8-17(16)21)22-18(23)12-25-19(24)10-9-14-5-4-6-15(20)11-14/h2-11,13H,12H2,1H3,(H,22,23)/b10-9+/t13-/m1/s1. The Kier molecular flexibility index (Phi) is 7.04. The van der Waals surface area contributed by atoms with Crippen LogP contribution in [0.15, 0.2) is 54.6 Å². The van der Waals surface area contributed by atoms with Gasteiger partial charge in [-0.3, -0.25) is 4.79 Å².